The second-order valence-electron chi connectivity index (χ2n) is 9.87. The molecule has 2 atom stereocenters. The monoisotopic (exact) mass is 526 g/mol. The number of benzene rings is 1. The Morgan fingerprint density at radius 1 is 1.19 bits per heavy atom. The molecule has 0 bridgehead atoms. The fourth-order valence-electron chi connectivity index (χ4n) is 5.84. The van der Waals surface area contributed by atoms with Gasteiger partial charge >= 0.3 is 29.6 Å². The Labute approximate surface area is 234 Å². The molecular formula is C24H32FN6NaO3S. The van der Waals surface area contributed by atoms with E-state index in [0.29, 0.717) is 25.1 Å². The predicted octanol–water partition coefficient (Wildman–Crippen LogP) is 0.491. The number of aromatic nitrogens is 2. The van der Waals surface area contributed by atoms with E-state index in [2.05, 4.69) is 21.2 Å². The van der Waals surface area contributed by atoms with Crippen LogP contribution >= 0.6 is 0 Å². The second-order valence-corrected chi connectivity index (χ2v) is 11.3. The molecule has 36 heavy (non-hydrogen) atoms. The van der Waals surface area contributed by atoms with Crippen LogP contribution in [0.25, 0.3) is 4.72 Å². The minimum atomic E-state index is -4.41. The Morgan fingerprint density at radius 3 is 2.44 bits per heavy atom. The van der Waals surface area contributed by atoms with E-state index in [-0.39, 0.29) is 29.6 Å². The summed E-state index contributed by atoms with van der Waals surface area (Å²) in [6.07, 6.45) is 9.54. The van der Waals surface area contributed by atoms with Gasteiger partial charge in [0.25, 0.3) is 10.2 Å². The van der Waals surface area contributed by atoms with Gasteiger partial charge in [-0.3, -0.25) is 13.8 Å². The summed E-state index contributed by atoms with van der Waals surface area (Å²) in [6.45, 7) is -0.0319. The number of aryl methyl sites for hydroxylation is 3. The van der Waals surface area contributed by atoms with Crippen LogP contribution in [0.1, 0.15) is 47.9 Å². The van der Waals surface area contributed by atoms with E-state index in [4.69, 9.17) is 0 Å². The van der Waals surface area contributed by atoms with Crippen LogP contribution in [-0.4, -0.2) is 61.5 Å². The molecule has 1 saturated heterocycles. The molecule has 1 N–H and O–H groups in total. The van der Waals surface area contributed by atoms with E-state index in [1.165, 1.54) is 22.0 Å². The summed E-state index contributed by atoms with van der Waals surface area (Å²) in [5.41, 5.74) is 5.77. The van der Waals surface area contributed by atoms with Crippen molar-refractivity contribution in [3.05, 3.63) is 45.4 Å². The summed E-state index contributed by atoms with van der Waals surface area (Å²) < 4.78 is 47.0. The maximum atomic E-state index is 13.6. The maximum absolute atomic E-state index is 13.6. The van der Waals surface area contributed by atoms with Crippen LogP contribution in [0, 0.1) is 0 Å². The summed E-state index contributed by atoms with van der Waals surface area (Å²) in [6, 6.07) is 0.428. The molecule has 2 amide bonds. The molecule has 2 aliphatic carbocycles. The molecular weight excluding hydrogens is 494 g/mol. The quantitative estimate of drug-likeness (QED) is 0.553. The maximum Gasteiger partial charge on any atom is 1.00 e. The largest absolute Gasteiger partial charge is 1.00 e. The van der Waals surface area contributed by atoms with Crippen LogP contribution < -0.4 is 39.2 Å². The van der Waals surface area contributed by atoms with Crippen molar-refractivity contribution < 1.29 is 47.2 Å². The average Bonchev–Trinajstić information content (AvgIpc) is 3.55. The van der Waals surface area contributed by atoms with Crippen molar-refractivity contribution >= 4 is 27.6 Å². The van der Waals surface area contributed by atoms with E-state index in [0.717, 1.165) is 59.6 Å². The van der Waals surface area contributed by atoms with Crippen molar-refractivity contribution in [3.63, 3.8) is 0 Å². The van der Waals surface area contributed by atoms with Crippen LogP contribution in [0.15, 0.2) is 18.5 Å². The van der Waals surface area contributed by atoms with Gasteiger partial charge in [0, 0.05) is 31.9 Å². The van der Waals surface area contributed by atoms with E-state index in [1.807, 2.05) is 11.9 Å². The fourth-order valence-corrected chi connectivity index (χ4v) is 7.11. The number of carbonyl (C=O) groups is 1. The Bertz CT molecular complexity index is 1200. The van der Waals surface area contributed by atoms with Crippen LogP contribution in [0.5, 0.6) is 0 Å². The number of nitrogens with one attached hydrogen (secondary N) is 1. The molecule has 2 heterocycles. The van der Waals surface area contributed by atoms with Gasteiger partial charge in [-0.15, -0.1) is 0 Å². The molecule has 2 aromatic rings. The second kappa shape index (κ2) is 11.0. The summed E-state index contributed by atoms with van der Waals surface area (Å²) in [5, 5.41) is 6.95. The smallest absolute Gasteiger partial charge is 0.423 e. The Hall–Kier alpha value is -1.66. The van der Waals surface area contributed by atoms with Gasteiger partial charge in [-0.2, -0.15) is 5.10 Å². The molecule has 2 unspecified atom stereocenters. The number of fused-ring (bicyclic) bond motifs is 2. The Morgan fingerprint density at radius 2 is 1.86 bits per heavy atom. The number of alkyl halides is 1. The number of anilines is 2. The van der Waals surface area contributed by atoms with Crippen LogP contribution in [0.2, 0.25) is 0 Å². The first-order valence-electron chi connectivity index (χ1n) is 12.3. The topological polar surface area (TPSA) is 102 Å². The SMILES string of the molecule is CN1CCC(N(c2cnn(C)c2)S(=O)(=O)[N-]C(=O)Nc2c3c(cc4c2CCC4)CCC3)CC1CF.[Na+]. The zero-order chi connectivity index (χ0) is 24.7. The van der Waals surface area contributed by atoms with Crippen molar-refractivity contribution in [2.24, 2.45) is 7.05 Å². The molecule has 1 aromatic carbocycles. The zero-order valence-corrected chi connectivity index (χ0v) is 24.0. The number of carbonyl (C=O) groups excluding carboxylic acids is 1. The minimum Gasteiger partial charge on any atom is -0.423 e. The van der Waals surface area contributed by atoms with Gasteiger partial charge < -0.3 is 14.9 Å². The number of urea groups is 1. The van der Waals surface area contributed by atoms with Gasteiger partial charge in [0.05, 0.1) is 11.9 Å². The number of amides is 2. The first-order valence-corrected chi connectivity index (χ1v) is 13.7. The standard InChI is InChI=1S/C24H33FN6O3S.Na/c1-29-10-9-18(12-19(29)13-25)31(20-14-26-30(2)15-20)35(33,34)28-24(32)27-23-21-7-3-5-16(21)11-17-6-4-8-22(17)23;/h11,14-15,18-19H,3-10,12-13H2,1-2H3,(H2,27,28,32);/q;+1/p-1. The minimum absolute atomic E-state index is 0. The summed E-state index contributed by atoms with van der Waals surface area (Å²) >= 11 is 0. The van der Waals surface area contributed by atoms with Crippen LogP contribution in [0.4, 0.5) is 20.6 Å². The molecule has 190 valence electrons. The van der Waals surface area contributed by atoms with Gasteiger partial charge in [-0.1, -0.05) is 6.07 Å². The number of nitrogens with zero attached hydrogens (tertiary/aromatic N) is 5. The number of hydrogen-bond donors (Lipinski definition) is 1. The third kappa shape index (κ3) is 5.31. The predicted molar refractivity (Wildman–Crippen MR) is 133 cm³/mol. The third-order valence-corrected chi connectivity index (χ3v) is 8.99. The van der Waals surface area contributed by atoms with E-state index in [1.54, 1.807) is 13.2 Å². The molecule has 5 rings (SSSR count). The van der Waals surface area contributed by atoms with Crippen molar-refractivity contribution in [2.45, 2.75) is 63.5 Å². The molecule has 1 fully saturated rings. The summed E-state index contributed by atoms with van der Waals surface area (Å²) in [5.74, 6) is 0. The zero-order valence-electron chi connectivity index (χ0n) is 21.2. The van der Waals surface area contributed by atoms with Gasteiger partial charge in [0.15, 0.2) is 6.03 Å². The number of rotatable bonds is 6. The number of halogens is 1. The van der Waals surface area contributed by atoms with E-state index >= 15 is 0 Å². The number of piperidine rings is 1. The Balaban J connectivity index is 0.00000304. The van der Waals surface area contributed by atoms with Crippen LogP contribution in [0.3, 0.4) is 0 Å². The molecule has 0 spiro atoms. The van der Waals surface area contributed by atoms with Gasteiger partial charge in [0.2, 0.25) is 0 Å². The van der Waals surface area contributed by atoms with E-state index in [9.17, 15) is 17.6 Å². The Kier molecular flexibility index (Phi) is 8.35. The average molecular weight is 527 g/mol. The molecule has 3 aliphatic rings. The third-order valence-electron chi connectivity index (χ3n) is 7.59. The first-order chi connectivity index (χ1) is 16.8. The van der Waals surface area contributed by atoms with Crippen molar-refractivity contribution in [1.29, 1.82) is 0 Å². The number of hydrogen-bond acceptors (Lipinski definition) is 5. The van der Waals surface area contributed by atoms with Crippen molar-refractivity contribution in [2.75, 3.05) is 29.9 Å². The summed E-state index contributed by atoms with van der Waals surface area (Å²) in [7, 11) is -0.887. The van der Waals surface area contributed by atoms with Gasteiger partial charge in [-0.25, -0.2) is 12.8 Å². The first kappa shape index (κ1) is 27.4. The van der Waals surface area contributed by atoms with Gasteiger partial charge in [0.1, 0.15) is 6.67 Å². The number of likely N-dealkylation sites (tertiary alicyclic amines) is 1. The molecule has 1 aromatic heterocycles. The van der Waals surface area contributed by atoms with Gasteiger partial charge in [-0.05, 0) is 86.4 Å². The molecule has 9 nitrogen and oxygen atoms in total. The molecule has 12 heteroatoms. The van der Waals surface area contributed by atoms with Crippen LogP contribution in [-0.2, 0) is 42.9 Å². The fraction of sp³-hybridized carbons (Fsp3) is 0.583. The normalized spacial score (nSPS) is 21.4. The van der Waals surface area contributed by atoms with Crippen molar-refractivity contribution in [1.82, 2.24) is 14.7 Å². The molecule has 0 saturated carbocycles. The van der Waals surface area contributed by atoms with E-state index < -0.39 is 35.0 Å². The summed E-state index contributed by atoms with van der Waals surface area (Å²) in [4.78, 5) is 14.9. The molecule has 0 radical (unpaired) electrons. The van der Waals surface area contributed by atoms with Crippen molar-refractivity contribution in [3.8, 4) is 0 Å². The molecule has 1 aliphatic heterocycles.